The van der Waals surface area contributed by atoms with Crippen molar-refractivity contribution in [1.82, 2.24) is 4.90 Å². The Labute approximate surface area is 160 Å². The third-order valence-corrected chi connectivity index (χ3v) is 5.31. The van der Waals surface area contributed by atoms with E-state index in [0.717, 1.165) is 0 Å². The molecule has 8 heteroatoms. The Morgan fingerprint density at radius 1 is 1.41 bits per heavy atom. The fraction of sp³-hybridized carbons (Fsp3) is 0.421. The largest absolute Gasteiger partial charge is 0.495 e. The number of carbonyl (C=O) groups excluding carboxylic acids is 1. The second kappa shape index (κ2) is 7.60. The number of methoxy groups -OCH3 is 1. The average molecular weight is 394 g/mol. The number of rotatable bonds is 4. The highest BCUT2D eigenvalue weighted by molar-refractivity contribution is 6.32. The van der Waals surface area contributed by atoms with Gasteiger partial charge in [-0.1, -0.05) is 11.6 Å². The van der Waals surface area contributed by atoms with E-state index in [4.69, 9.17) is 20.8 Å². The minimum atomic E-state index is -0.905. The van der Waals surface area contributed by atoms with Gasteiger partial charge in [0.25, 0.3) is 0 Å². The highest BCUT2D eigenvalue weighted by Crippen LogP contribution is 2.31. The van der Waals surface area contributed by atoms with E-state index < -0.39 is 17.5 Å². The van der Waals surface area contributed by atoms with Crippen LogP contribution in [0.5, 0.6) is 5.75 Å². The number of benzene rings is 1. The van der Waals surface area contributed by atoms with Crippen LogP contribution in [0.3, 0.4) is 0 Å². The van der Waals surface area contributed by atoms with Gasteiger partial charge in [-0.05, 0) is 31.4 Å². The van der Waals surface area contributed by atoms with Crippen molar-refractivity contribution in [3.63, 3.8) is 0 Å². The number of ether oxygens (including phenoxy) is 1. The molecule has 7 nitrogen and oxygen atoms in total. The normalized spacial score (nSPS) is 17.1. The molecular weight excluding hydrogens is 374 g/mol. The average Bonchev–Trinajstić information content (AvgIpc) is 2.65. The summed E-state index contributed by atoms with van der Waals surface area (Å²) in [6.07, 6.45) is 1.04. The Morgan fingerprint density at radius 3 is 2.81 bits per heavy atom. The first kappa shape index (κ1) is 19.2. The van der Waals surface area contributed by atoms with Crippen molar-refractivity contribution < 1.29 is 23.8 Å². The van der Waals surface area contributed by atoms with Crippen LogP contribution in [-0.4, -0.2) is 42.1 Å². The van der Waals surface area contributed by atoms with E-state index in [9.17, 15) is 19.5 Å². The number of halogens is 1. The van der Waals surface area contributed by atoms with Crippen LogP contribution in [0.1, 0.15) is 24.0 Å². The summed E-state index contributed by atoms with van der Waals surface area (Å²) in [5.41, 5.74) is 0.612. The van der Waals surface area contributed by atoms with Crippen LogP contribution < -0.4 is 10.4 Å². The summed E-state index contributed by atoms with van der Waals surface area (Å²) in [5, 5.41) is 10.2. The molecule has 1 N–H and O–H groups in total. The molecule has 0 aliphatic carbocycles. The van der Waals surface area contributed by atoms with E-state index >= 15 is 0 Å². The zero-order chi connectivity index (χ0) is 19.7. The fourth-order valence-corrected chi connectivity index (χ4v) is 3.66. The first-order valence-corrected chi connectivity index (χ1v) is 9.00. The second-order valence-electron chi connectivity index (χ2n) is 6.67. The van der Waals surface area contributed by atoms with Crippen LogP contribution in [0.2, 0.25) is 5.02 Å². The molecule has 27 heavy (non-hydrogen) atoms. The SMILES string of the molecule is COc1cc2oc(=O)c(CC(=O)N3CCC[C@H](C(=O)O)C3)c(C)c2cc1Cl. The quantitative estimate of drug-likeness (QED) is 0.802. The topological polar surface area (TPSA) is 97.0 Å². The van der Waals surface area contributed by atoms with Gasteiger partial charge < -0.3 is 19.2 Å². The van der Waals surface area contributed by atoms with Gasteiger partial charge in [-0.2, -0.15) is 0 Å². The molecule has 1 aliphatic rings. The summed E-state index contributed by atoms with van der Waals surface area (Å²) >= 11 is 6.17. The molecule has 1 fully saturated rings. The van der Waals surface area contributed by atoms with Crippen LogP contribution in [0.4, 0.5) is 0 Å². The summed E-state index contributed by atoms with van der Waals surface area (Å²) in [5.74, 6) is -1.36. The Morgan fingerprint density at radius 2 is 2.15 bits per heavy atom. The standard InChI is InChI=1S/C19H20ClNO6/c1-10-12-6-14(20)16(26-2)8-15(12)27-19(25)13(10)7-17(22)21-5-3-4-11(9-21)18(23)24/h6,8,11H,3-5,7,9H2,1-2H3,(H,23,24)/t11-/m0/s1. The van der Waals surface area contributed by atoms with Crippen LogP contribution in [0.15, 0.2) is 21.3 Å². The molecule has 1 aromatic heterocycles. The van der Waals surface area contributed by atoms with Crippen LogP contribution >= 0.6 is 11.6 Å². The number of likely N-dealkylation sites (tertiary alicyclic amines) is 1. The first-order chi connectivity index (χ1) is 12.8. The Hall–Kier alpha value is -2.54. The van der Waals surface area contributed by atoms with Crippen molar-refractivity contribution in [1.29, 1.82) is 0 Å². The number of piperidine rings is 1. The number of hydrogen-bond acceptors (Lipinski definition) is 5. The van der Waals surface area contributed by atoms with Crippen molar-refractivity contribution in [2.24, 2.45) is 5.92 Å². The maximum Gasteiger partial charge on any atom is 0.340 e. The predicted octanol–water partition coefficient (Wildman–Crippen LogP) is 2.63. The van der Waals surface area contributed by atoms with E-state index in [-0.39, 0.29) is 24.4 Å². The van der Waals surface area contributed by atoms with E-state index in [1.165, 1.54) is 12.0 Å². The lowest BCUT2D eigenvalue weighted by Gasteiger charge is -2.30. The summed E-state index contributed by atoms with van der Waals surface area (Å²) < 4.78 is 10.5. The summed E-state index contributed by atoms with van der Waals surface area (Å²) in [6.45, 7) is 2.39. The molecule has 0 spiro atoms. The van der Waals surface area contributed by atoms with Gasteiger partial charge in [-0.3, -0.25) is 9.59 Å². The molecule has 0 bridgehead atoms. The zero-order valence-corrected chi connectivity index (χ0v) is 15.8. The molecule has 2 heterocycles. The number of amides is 1. The lowest BCUT2D eigenvalue weighted by Crippen LogP contribution is -2.43. The van der Waals surface area contributed by atoms with Gasteiger partial charge in [0.15, 0.2) is 0 Å². The molecule has 1 atom stereocenters. The van der Waals surface area contributed by atoms with Gasteiger partial charge in [0.1, 0.15) is 11.3 Å². The van der Waals surface area contributed by atoms with Crippen molar-refractivity contribution in [3.8, 4) is 5.75 Å². The van der Waals surface area contributed by atoms with E-state index in [2.05, 4.69) is 0 Å². The lowest BCUT2D eigenvalue weighted by molar-refractivity contribution is -0.145. The number of carboxylic acids is 1. The van der Waals surface area contributed by atoms with Gasteiger partial charge >= 0.3 is 11.6 Å². The van der Waals surface area contributed by atoms with Crippen molar-refractivity contribution in [3.05, 3.63) is 38.7 Å². The number of carboxylic acid groups (broad SMARTS) is 1. The number of fused-ring (bicyclic) bond motifs is 1. The summed E-state index contributed by atoms with van der Waals surface area (Å²) in [7, 11) is 1.47. The first-order valence-electron chi connectivity index (χ1n) is 8.62. The van der Waals surface area contributed by atoms with Gasteiger partial charge in [0, 0.05) is 24.5 Å². The molecule has 0 radical (unpaired) electrons. The molecule has 1 amide bonds. The monoisotopic (exact) mass is 393 g/mol. The van der Waals surface area contributed by atoms with E-state index in [1.807, 2.05) is 0 Å². The van der Waals surface area contributed by atoms with Crippen molar-refractivity contribution in [2.75, 3.05) is 20.2 Å². The highest BCUT2D eigenvalue weighted by Gasteiger charge is 2.29. The van der Waals surface area contributed by atoms with Gasteiger partial charge in [0.2, 0.25) is 5.91 Å². The molecule has 0 unspecified atom stereocenters. The van der Waals surface area contributed by atoms with Crippen LogP contribution in [0.25, 0.3) is 11.0 Å². The second-order valence-corrected chi connectivity index (χ2v) is 7.08. The van der Waals surface area contributed by atoms with Gasteiger partial charge in [-0.15, -0.1) is 0 Å². The zero-order valence-electron chi connectivity index (χ0n) is 15.1. The fourth-order valence-electron chi connectivity index (χ4n) is 3.42. The lowest BCUT2D eigenvalue weighted by atomic mass is 9.97. The third-order valence-electron chi connectivity index (χ3n) is 5.01. The molecular formula is C19H20ClNO6. The summed E-state index contributed by atoms with van der Waals surface area (Å²) in [6, 6.07) is 3.18. The Kier molecular flexibility index (Phi) is 5.41. The minimum absolute atomic E-state index is 0.139. The van der Waals surface area contributed by atoms with E-state index in [1.54, 1.807) is 19.1 Å². The predicted molar refractivity (Wildman–Crippen MR) is 99.4 cm³/mol. The third kappa shape index (κ3) is 3.78. The number of aliphatic carboxylic acids is 1. The highest BCUT2D eigenvalue weighted by atomic mass is 35.5. The number of carbonyl (C=O) groups is 2. The number of aryl methyl sites for hydroxylation is 1. The molecule has 1 aliphatic heterocycles. The van der Waals surface area contributed by atoms with Crippen LogP contribution in [-0.2, 0) is 16.0 Å². The maximum atomic E-state index is 12.6. The molecule has 2 aromatic rings. The Balaban J connectivity index is 1.91. The van der Waals surface area contributed by atoms with Crippen LogP contribution in [0, 0.1) is 12.8 Å². The smallest absolute Gasteiger partial charge is 0.340 e. The van der Waals surface area contributed by atoms with E-state index in [0.29, 0.717) is 46.7 Å². The molecule has 0 saturated carbocycles. The molecule has 1 aromatic carbocycles. The Bertz CT molecular complexity index is 967. The number of nitrogens with zero attached hydrogens (tertiary/aromatic N) is 1. The molecule has 3 rings (SSSR count). The van der Waals surface area contributed by atoms with Gasteiger partial charge in [0.05, 0.1) is 30.0 Å². The molecule has 144 valence electrons. The van der Waals surface area contributed by atoms with Gasteiger partial charge in [-0.25, -0.2) is 4.79 Å². The van der Waals surface area contributed by atoms with Crippen molar-refractivity contribution >= 4 is 34.4 Å². The minimum Gasteiger partial charge on any atom is -0.495 e. The maximum absolute atomic E-state index is 12.6. The molecule has 1 saturated heterocycles. The van der Waals surface area contributed by atoms with Crippen molar-refractivity contribution in [2.45, 2.75) is 26.2 Å². The summed E-state index contributed by atoms with van der Waals surface area (Å²) in [4.78, 5) is 37.8. The number of hydrogen-bond donors (Lipinski definition) is 1.